The number of methoxy groups -OCH3 is 2. The molecule has 0 atom stereocenters. The quantitative estimate of drug-likeness (QED) is 0.357. The number of hydrogen-bond acceptors (Lipinski definition) is 9. The Hall–Kier alpha value is -4.48. The Bertz CT molecular complexity index is 1380. The third-order valence-corrected chi connectivity index (χ3v) is 4.85. The van der Waals surface area contributed by atoms with Gasteiger partial charge in [-0.1, -0.05) is 0 Å². The molecular formula is C22H23N7O5. The summed E-state index contributed by atoms with van der Waals surface area (Å²) in [4.78, 5) is 23.9. The molecule has 4 rings (SSSR count). The van der Waals surface area contributed by atoms with Crippen LogP contribution < -0.4 is 25.1 Å². The van der Waals surface area contributed by atoms with Crippen molar-refractivity contribution in [2.24, 2.45) is 0 Å². The molecule has 0 saturated heterocycles. The van der Waals surface area contributed by atoms with Gasteiger partial charge < -0.3 is 19.5 Å². The first-order valence-electron chi connectivity index (χ1n) is 10.4. The van der Waals surface area contributed by atoms with E-state index in [9.17, 15) is 9.59 Å². The van der Waals surface area contributed by atoms with Gasteiger partial charge in [-0.25, -0.2) is 4.68 Å². The van der Waals surface area contributed by atoms with Crippen molar-refractivity contribution in [3.8, 4) is 28.8 Å². The molecule has 3 aromatic heterocycles. The summed E-state index contributed by atoms with van der Waals surface area (Å²) in [6, 6.07) is 11.8. The number of rotatable bonds is 9. The van der Waals surface area contributed by atoms with Crippen LogP contribution >= 0.6 is 0 Å². The highest BCUT2D eigenvalue weighted by Gasteiger charge is 2.14. The van der Waals surface area contributed by atoms with Crippen LogP contribution in [0.1, 0.15) is 5.69 Å². The van der Waals surface area contributed by atoms with Crippen LogP contribution in [0, 0.1) is 6.92 Å². The molecule has 3 heterocycles. The van der Waals surface area contributed by atoms with Gasteiger partial charge in [0.15, 0.2) is 23.0 Å². The fourth-order valence-corrected chi connectivity index (χ4v) is 3.21. The Morgan fingerprint density at radius 2 is 1.82 bits per heavy atom. The van der Waals surface area contributed by atoms with Crippen molar-refractivity contribution in [2.45, 2.75) is 13.5 Å². The Morgan fingerprint density at radius 1 is 1.00 bits per heavy atom. The van der Waals surface area contributed by atoms with E-state index in [-0.39, 0.29) is 31.2 Å². The molecular weight excluding hydrogens is 442 g/mol. The number of carbonyl (C=O) groups excluding carboxylic acids is 1. The lowest BCUT2D eigenvalue weighted by Gasteiger charge is -2.09. The van der Waals surface area contributed by atoms with Gasteiger partial charge in [0.05, 0.1) is 26.5 Å². The van der Waals surface area contributed by atoms with Crippen LogP contribution in [-0.4, -0.2) is 62.9 Å². The average Bonchev–Trinajstić information content (AvgIpc) is 3.27. The first kappa shape index (κ1) is 22.7. The lowest BCUT2D eigenvalue weighted by Crippen LogP contribution is -2.35. The Labute approximate surface area is 194 Å². The largest absolute Gasteiger partial charge is 0.493 e. The lowest BCUT2D eigenvalue weighted by atomic mass is 10.2. The molecule has 34 heavy (non-hydrogen) atoms. The highest BCUT2D eigenvalue weighted by molar-refractivity contribution is 5.75. The predicted octanol–water partition coefficient (Wildman–Crippen LogP) is 0.869. The van der Waals surface area contributed by atoms with Gasteiger partial charge in [0.2, 0.25) is 11.8 Å². The van der Waals surface area contributed by atoms with Crippen molar-refractivity contribution in [3.63, 3.8) is 0 Å². The van der Waals surface area contributed by atoms with E-state index in [4.69, 9.17) is 14.2 Å². The molecule has 0 bridgehead atoms. The van der Waals surface area contributed by atoms with E-state index in [0.29, 0.717) is 34.5 Å². The lowest BCUT2D eigenvalue weighted by molar-refractivity contribution is -0.122. The third-order valence-electron chi connectivity index (χ3n) is 4.85. The van der Waals surface area contributed by atoms with Gasteiger partial charge in [-0.05, 0) is 37.3 Å². The molecule has 12 heteroatoms. The molecule has 1 amide bonds. The zero-order valence-electron chi connectivity index (χ0n) is 18.9. The van der Waals surface area contributed by atoms with Crippen molar-refractivity contribution < 1.29 is 19.0 Å². The number of fused-ring (bicyclic) bond motifs is 1. The SMILES string of the molecule is COc1ccc(-c2nnc3ccc(OCCNC(=O)Cn4nc(C)ccc4=O)nn23)cc1OC. The van der Waals surface area contributed by atoms with Crippen LogP contribution in [0.3, 0.4) is 0 Å². The van der Waals surface area contributed by atoms with Crippen LogP contribution in [0.4, 0.5) is 0 Å². The van der Waals surface area contributed by atoms with E-state index >= 15 is 0 Å². The molecule has 1 aromatic carbocycles. The molecule has 0 radical (unpaired) electrons. The molecule has 12 nitrogen and oxygen atoms in total. The number of benzene rings is 1. The Morgan fingerprint density at radius 3 is 2.62 bits per heavy atom. The van der Waals surface area contributed by atoms with Gasteiger partial charge >= 0.3 is 0 Å². The summed E-state index contributed by atoms with van der Waals surface area (Å²) in [6.07, 6.45) is 0. The van der Waals surface area contributed by atoms with Crippen molar-refractivity contribution in [1.82, 2.24) is 34.9 Å². The summed E-state index contributed by atoms with van der Waals surface area (Å²) < 4.78 is 19.0. The Balaban J connectivity index is 1.39. The number of hydrogen-bond donors (Lipinski definition) is 1. The number of amides is 1. The highest BCUT2D eigenvalue weighted by atomic mass is 16.5. The summed E-state index contributed by atoms with van der Waals surface area (Å²) in [7, 11) is 3.12. The molecule has 0 unspecified atom stereocenters. The van der Waals surface area contributed by atoms with Crippen LogP contribution in [0.2, 0.25) is 0 Å². The number of nitrogens with zero attached hydrogens (tertiary/aromatic N) is 6. The summed E-state index contributed by atoms with van der Waals surface area (Å²) in [5, 5.41) is 19.5. The van der Waals surface area contributed by atoms with Gasteiger partial charge in [-0.2, -0.15) is 9.61 Å². The smallest absolute Gasteiger partial charge is 0.267 e. The molecule has 4 aromatic rings. The van der Waals surface area contributed by atoms with Crippen LogP contribution in [0.5, 0.6) is 17.4 Å². The first-order valence-corrected chi connectivity index (χ1v) is 10.4. The van der Waals surface area contributed by atoms with E-state index in [1.807, 2.05) is 6.07 Å². The first-order chi connectivity index (χ1) is 16.5. The Kier molecular flexibility index (Phi) is 6.67. The third kappa shape index (κ3) is 4.95. The number of nitrogens with one attached hydrogen (secondary N) is 1. The maximum absolute atomic E-state index is 12.1. The second kappa shape index (κ2) is 9.98. The molecule has 0 aliphatic heterocycles. The molecule has 0 aliphatic carbocycles. The number of aryl methyl sites for hydroxylation is 1. The van der Waals surface area contributed by atoms with Crippen LogP contribution in [-0.2, 0) is 11.3 Å². The fraction of sp³-hybridized carbons (Fsp3) is 0.273. The number of carbonyl (C=O) groups is 1. The molecule has 0 aliphatic rings. The standard InChI is InChI=1S/C22H23N7O5/c1-14-4-9-21(31)28(26-14)13-19(30)23-10-11-34-20-8-7-18-24-25-22(29(18)27-20)15-5-6-16(32-2)17(12-15)33-3/h4-9,12H,10-11,13H2,1-3H3,(H,23,30). The summed E-state index contributed by atoms with van der Waals surface area (Å²) in [5.41, 5.74) is 1.59. The van der Waals surface area contributed by atoms with E-state index in [1.165, 1.54) is 6.07 Å². The van der Waals surface area contributed by atoms with E-state index in [1.54, 1.807) is 56.0 Å². The van der Waals surface area contributed by atoms with E-state index < -0.39 is 0 Å². The minimum absolute atomic E-state index is 0.167. The summed E-state index contributed by atoms with van der Waals surface area (Å²) >= 11 is 0. The zero-order valence-corrected chi connectivity index (χ0v) is 18.9. The molecule has 0 fully saturated rings. The van der Waals surface area contributed by atoms with Gasteiger partial charge in [0.25, 0.3) is 5.56 Å². The van der Waals surface area contributed by atoms with Gasteiger partial charge in [0, 0.05) is 17.7 Å². The zero-order chi connectivity index (χ0) is 24.1. The molecule has 176 valence electrons. The van der Waals surface area contributed by atoms with E-state index in [2.05, 4.69) is 25.7 Å². The van der Waals surface area contributed by atoms with Crippen molar-refractivity contribution in [1.29, 1.82) is 0 Å². The minimum atomic E-state index is -0.346. The van der Waals surface area contributed by atoms with Crippen molar-refractivity contribution in [3.05, 3.63) is 58.5 Å². The fourth-order valence-electron chi connectivity index (χ4n) is 3.21. The predicted molar refractivity (Wildman–Crippen MR) is 121 cm³/mol. The molecule has 1 N–H and O–H groups in total. The second-order valence-corrected chi connectivity index (χ2v) is 7.20. The highest BCUT2D eigenvalue weighted by Crippen LogP contribution is 2.31. The van der Waals surface area contributed by atoms with E-state index in [0.717, 1.165) is 10.2 Å². The normalized spacial score (nSPS) is 10.8. The minimum Gasteiger partial charge on any atom is -0.493 e. The maximum Gasteiger partial charge on any atom is 0.267 e. The maximum atomic E-state index is 12.1. The topological polar surface area (TPSA) is 135 Å². The second-order valence-electron chi connectivity index (χ2n) is 7.20. The summed E-state index contributed by atoms with van der Waals surface area (Å²) in [5.74, 6) is 1.65. The van der Waals surface area contributed by atoms with Gasteiger partial charge in [-0.3, -0.25) is 9.59 Å². The average molecular weight is 465 g/mol. The van der Waals surface area contributed by atoms with Crippen molar-refractivity contribution in [2.75, 3.05) is 27.4 Å². The van der Waals surface area contributed by atoms with Gasteiger partial charge in [-0.15, -0.1) is 15.3 Å². The van der Waals surface area contributed by atoms with Crippen LogP contribution in [0.25, 0.3) is 17.0 Å². The summed E-state index contributed by atoms with van der Waals surface area (Å²) in [6.45, 7) is 1.98. The van der Waals surface area contributed by atoms with Crippen molar-refractivity contribution >= 4 is 11.6 Å². The monoisotopic (exact) mass is 465 g/mol. The number of ether oxygens (including phenoxy) is 3. The number of aromatic nitrogens is 6. The molecule has 0 spiro atoms. The van der Waals surface area contributed by atoms with Gasteiger partial charge in [0.1, 0.15) is 13.2 Å². The molecule has 0 saturated carbocycles. The van der Waals surface area contributed by atoms with Crippen LogP contribution in [0.15, 0.2) is 47.3 Å².